The molecule has 2 aliphatic rings. The van der Waals surface area contributed by atoms with Gasteiger partial charge in [0.1, 0.15) is 0 Å². The Kier molecular flexibility index (Phi) is 1.29. The maximum Gasteiger partial charge on any atom is 0.0282 e. The lowest BCUT2D eigenvalue weighted by Gasteiger charge is -2.00. The van der Waals surface area contributed by atoms with E-state index in [0.717, 1.165) is 10.00 Å². The highest BCUT2D eigenvalue weighted by molar-refractivity contribution is 8.08. The maximum atomic E-state index is 2.32. The molecule has 0 aromatic carbocycles. The van der Waals surface area contributed by atoms with Crippen LogP contribution in [0.4, 0.5) is 0 Å². The molecule has 0 amide bonds. The van der Waals surface area contributed by atoms with E-state index in [1.165, 1.54) is 32.1 Å². The first kappa shape index (κ1) is 6.09. The van der Waals surface area contributed by atoms with Crippen LogP contribution < -0.4 is 0 Å². The zero-order valence-corrected chi connectivity index (χ0v) is 6.84. The summed E-state index contributed by atoms with van der Waals surface area (Å²) in [7, 11) is 0. The zero-order chi connectivity index (χ0) is 6.32. The van der Waals surface area contributed by atoms with E-state index < -0.39 is 0 Å². The molecule has 0 radical (unpaired) electrons. The van der Waals surface area contributed by atoms with Crippen molar-refractivity contribution in [3.63, 3.8) is 0 Å². The second-order valence-corrected chi connectivity index (χ2v) is 4.90. The van der Waals surface area contributed by atoms with E-state index in [4.69, 9.17) is 0 Å². The Morgan fingerprint density at radius 1 is 1.44 bits per heavy atom. The molecule has 1 saturated heterocycles. The molecule has 0 bridgehead atoms. The summed E-state index contributed by atoms with van der Waals surface area (Å²) in [5.41, 5.74) is 0. The van der Waals surface area contributed by atoms with Crippen molar-refractivity contribution in [3.8, 4) is 0 Å². The van der Waals surface area contributed by atoms with E-state index in [2.05, 4.69) is 18.7 Å². The van der Waals surface area contributed by atoms with Crippen LogP contribution in [0.25, 0.3) is 0 Å². The highest BCUT2D eigenvalue weighted by atomic mass is 32.2. The summed E-state index contributed by atoms with van der Waals surface area (Å²) < 4.78 is 0.828. The average molecular weight is 142 g/mol. The van der Waals surface area contributed by atoms with Crippen molar-refractivity contribution in [1.29, 1.82) is 0 Å². The topological polar surface area (TPSA) is 0 Å². The molecule has 1 heteroatoms. The molecule has 1 spiro atoms. The standard InChI is InChI=1S/C8H14S/c1-2-7-8(9-7)5-3-4-6-8/h7H,2-6H2,1H3. The Hall–Kier alpha value is 0.350. The monoisotopic (exact) mass is 142 g/mol. The number of rotatable bonds is 1. The van der Waals surface area contributed by atoms with E-state index in [0.29, 0.717) is 0 Å². The lowest BCUT2D eigenvalue weighted by molar-refractivity contribution is 0.645. The van der Waals surface area contributed by atoms with Gasteiger partial charge in [-0.2, -0.15) is 0 Å². The summed E-state index contributed by atoms with van der Waals surface area (Å²) in [5.74, 6) is 0. The van der Waals surface area contributed by atoms with Crippen LogP contribution in [0.2, 0.25) is 0 Å². The summed E-state index contributed by atoms with van der Waals surface area (Å²) in [6.45, 7) is 2.32. The summed E-state index contributed by atoms with van der Waals surface area (Å²) in [6.07, 6.45) is 7.46. The second kappa shape index (κ2) is 1.91. The van der Waals surface area contributed by atoms with Crippen LogP contribution in [-0.4, -0.2) is 10.00 Å². The highest BCUT2D eigenvalue weighted by Gasteiger charge is 2.54. The number of thioether (sulfide) groups is 1. The molecule has 52 valence electrons. The van der Waals surface area contributed by atoms with Gasteiger partial charge in [-0.1, -0.05) is 19.8 Å². The van der Waals surface area contributed by atoms with Gasteiger partial charge >= 0.3 is 0 Å². The SMILES string of the molecule is CCC1SC12CCCC2. The quantitative estimate of drug-likeness (QED) is 0.507. The van der Waals surface area contributed by atoms with Crippen LogP contribution in [0.1, 0.15) is 39.0 Å². The zero-order valence-electron chi connectivity index (χ0n) is 6.02. The van der Waals surface area contributed by atoms with Crippen molar-refractivity contribution in [2.45, 2.75) is 49.0 Å². The van der Waals surface area contributed by atoms with E-state index in [-0.39, 0.29) is 0 Å². The molecular weight excluding hydrogens is 128 g/mol. The Balaban J connectivity index is 1.97. The van der Waals surface area contributed by atoms with Gasteiger partial charge in [0.2, 0.25) is 0 Å². The molecular formula is C8H14S. The predicted molar refractivity (Wildman–Crippen MR) is 42.9 cm³/mol. The predicted octanol–water partition coefficient (Wildman–Crippen LogP) is 2.82. The smallest absolute Gasteiger partial charge is 0.0282 e. The van der Waals surface area contributed by atoms with Gasteiger partial charge in [-0.05, 0) is 19.3 Å². The third-order valence-corrected chi connectivity index (χ3v) is 4.70. The first-order valence-corrected chi connectivity index (χ1v) is 4.93. The molecule has 2 fully saturated rings. The van der Waals surface area contributed by atoms with Crippen LogP contribution >= 0.6 is 11.8 Å². The molecule has 0 nitrogen and oxygen atoms in total. The summed E-state index contributed by atoms with van der Waals surface area (Å²) in [4.78, 5) is 0. The third-order valence-electron chi connectivity index (χ3n) is 2.73. The van der Waals surface area contributed by atoms with Crippen LogP contribution in [0.3, 0.4) is 0 Å². The van der Waals surface area contributed by atoms with Crippen molar-refractivity contribution in [2.75, 3.05) is 0 Å². The van der Waals surface area contributed by atoms with Crippen molar-refractivity contribution in [2.24, 2.45) is 0 Å². The van der Waals surface area contributed by atoms with E-state index >= 15 is 0 Å². The minimum Gasteiger partial charge on any atom is -0.149 e. The Labute approximate surface area is 61.4 Å². The molecule has 1 unspecified atom stereocenters. The van der Waals surface area contributed by atoms with Crippen molar-refractivity contribution in [1.82, 2.24) is 0 Å². The second-order valence-electron chi connectivity index (χ2n) is 3.29. The van der Waals surface area contributed by atoms with Gasteiger partial charge in [-0.25, -0.2) is 0 Å². The fraction of sp³-hybridized carbons (Fsp3) is 1.00. The lowest BCUT2D eigenvalue weighted by Crippen LogP contribution is -2.06. The van der Waals surface area contributed by atoms with Crippen LogP contribution in [0.15, 0.2) is 0 Å². The minimum atomic E-state index is 0.828. The van der Waals surface area contributed by atoms with Gasteiger partial charge in [0.25, 0.3) is 0 Å². The first-order chi connectivity index (χ1) is 4.37. The molecule has 1 aliphatic carbocycles. The largest absolute Gasteiger partial charge is 0.149 e. The van der Waals surface area contributed by atoms with Gasteiger partial charge in [0.15, 0.2) is 0 Å². The van der Waals surface area contributed by atoms with E-state index in [9.17, 15) is 0 Å². The van der Waals surface area contributed by atoms with Crippen molar-refractivity contribution in [3.05, 3.63) is 0 Å². The Bertz CT molecular complexity index is 114. The van der Waals surface area contributed by atoms with Gasteiger partial charge in [-0.15, -0.1) is 11.8 Å². The molecule has 0 aromatic heterocycles. The van der Waals surface area contributed by atoms with Crippen LogP contribution in [0, 0.1) is 0 Å². The number of hydrogen-bond acceptors (Lipinski definition) is 1. The highest BCUT2D eigenvalue weighted by Crippen LogP contribution is 2.63. The van der Waals surface area contributed by atoms with Crippen LogP contribution in [0.5, 0.6) is 0 Å². The molecule has 9 heavy (non-hydrogen) atoms. The molecule has 1 heterocycles. The molecule has 0 aromatic rings. The molecule has 1 aliphatic heterocycles. The Morgan fingerprint density at radius 3 is 2.56 bits per heavy atom. The average Bonchev–Trinajstić information content (AvgIpc) is 2.30. The number of hydrogen-bond donors (Lipinski definition) is 0. The Morgan fingerprint density at radius 2 is 2.11 bits per heavy atom. The summed E-state index contributed by atoms with van der Waals surface area (Å²) in [5, 5.41) is 1.06. The molecule has 0 N–H and O–H groups in total. The fourth-order valence-electron chi connectivity index (χ4n) is 2.12. The van der Waals surface area contributed by atoms with E-state index in [1.807, 2.05) is 0 Å². The minimum absolute atomic E-state index is 0.828. The normalized spacial score (nSPS) is 37.7. The summed E-state index contributed by atoms with van der Waals surface area (Å²) in [6, 6.07) is 0. The molecule has 2 rings (SSSR count). The maximum absolute atomic E-state index is 2.32. The van der Waals surface area contributed by atoms with Gasteiger partial charge < -0.3 is 0 Å². The molecule has 1 atom stereocenters. The van der Waals surface area contributed by atoms with Crippen molar-refractivity contribution < 1.29 is 0 Å². The van der Waals surface area contributed by atoms with E-state index in [1.54, 1.807) is 0 Å². The van der Waals surface area contributed by atoms with Crippen LogP contribution in [-0.2, 0) is 0 Å². The van der Waals surface area contributed by atoms with Gasteiger partial charge in [0.05, 0.1) is 0 Å². The third kappa shape index (κ3) is 0.813. The van der Waals surface area contributed by atoms with Gasteiger partial charge in [0, 0.05) is 10.00 Å². The van der Waals surface area contributed by atoms with Gasteiger partial charge in [-0.3, -0.25) is 0 Å². The fourth-order valence-corrected chi connectivity index (χ4v) is 3.71. The van der Waals surface area contributed by atoms with Crippen molar-refractivity contribution >= 4 is 11.8 Å². The molecule has 1 saturated carbocycles. The lowest BCUT2D eigenvalue weighted by atomic mass is 10.0. The summed E-state index contributed by atoms with van der Waals surface area (Å²) >= 11 is 2.25. The first-order valence-electron chi connectivity index (χ1n) is 4.05.